The molecular weight excluding hydrogens is 136 g/mol. The summed E-state index contributed by atoms with van der Waals surface area (Å²) in [6.45, 7) is 5.22. The van der Waals surface area contributed by atoms with E-state index in [-0.39, 0.29) is 0 Å². The summed E-state index contributed by atoms with van der Waals surface area (Å²) in [6.07, 6.45) is 2.89. The maximum atomic E-state index is 3.42. The fourth-order valence-electron chi connectivity index (χ4n) is 2.36. The zero-order chi connectivity index (χ0) is 7.68. The maximum absolute atomic E-state index is 3.42. The monoisotopic (exact) mass is 154 g/mol. The second-order valence-electron chi connectivity index (χ2n) is 4.18. The van der Waals surface area contributed by atoms with Gasteiger partial charge in [-0.05, 0) is 44.8 Å². The van der Waals surface area contributed by atoms with Crippen molar-refractivity contribution in [3.05, 3.63) is 0 Å². The molecule has 2 heterocycles. The summed E-state index contributed by atoms with van der Waals surface area (Å²) in [4.78, 5) is 2.41. The third kappa shape index (κ3) is 1.74. The van der Waals surface area contributed by atoms with Crippen LogP contribution < -0.4 is 5.32 Å². The largest absolute Gasteiger partial charge is 0.316 e. The highest BCUT2D eigenvalue weighted by atomic mass is 15.2. The zero-order valence-corrected chi connectivity index (χ0v) is 7.34. The van der Waals surface area contributed by atoms with Crippen LogP contribution in [0.4, 0.5) is 0 Å². The smallest absolute Gasteiger partial charge is 0.00191 e. The van der Waals surface area contributed by atoms with Gasteiger partial charge in [0.2, 0.25) is 0 Å². The average molecular weight is 154 g/mol. The van der Waals surface area contributed by atoms with Gasteiger partial charge in [0.05, 0.1) is 0 Å². The number of nitrogens with one attached hydrogen (secondary N) is 1. The average Bonchev–Trinajstić information content (AvgIpc) is 2.36. The van der Waals surface area contributed by atoms with E-state index in [1.54, 1.807) is 0 Å². The van der Waals surface area contributed by atoms with Gasteiger partial charge in [0.1, 0.15) is 0 Å². The molecule has 0 radical (unpaired) electrons. The molecular formula is C9H18N2. The van der Waals surface area contributed by atoms with E-state index in [2.05, 4.69) is 17.3 Å². The molecule has 0 aliphatic carbocycles. The Bertz CT molecular complexity index is 124. The molecule has 0 amide bonds. The number of nitrogens with zero attached hydrogens (tertiary/aromatic N) is 1. The molecule has 2 nitrogen and oxygen atoms in total. The lowest BCUT2D eigenvalue weighted by Crippen LogP contribution is -2.44. The van der Waals surface area contributed by atoms with Crippen molar-refractivity contribution in [1.29, 1.82) is 0 Å². The van der Waals surface area contributed by atoms with Crippen molar-refractivity contribution in [2.24, 2.45) is 11.8 Å². The molecule has 2 aliphatic heterocycles. The van der Waals surface area contributed by atoms with Crippen LogP contribution in [0.25, 0.3) is 0 Å². The first-order chi connectivity index (χ1) is 5.34. The molecule has 11 heavy (non-hydrogen) atoms. The zero-order valence-electron chi connectivity index (χ0n) is 7.34. The molecule has 0 bridgehead atoms. The van der Waals surface area contributed by atoms with Crippen molar-refractivity contribution < 1.29 is 0 Å². The standard InChI is InChI=1S/C9H18N2/c1-11-6-9(7-11)4-8-2-3-10-5-8/h8-10H,2-7H2,1H3. The fraction of sp³-hybridized carbons (Fsp3) is 1.00. The Morgan fingerprint density at radius 1 is 1.36 bits per heavy atom. The Morgan fingerprint density at radius 3 is 2.73 bits per heavy atom. The van der Waals surface area contributed by atoms with Gasteiger partial charge in [-0.3, -0.25) is 0 Å². The molecule has 0 aromatic carbocycles. The summed E-state index contributed by atoms with van der Waals surface area (Å²) < 4.78 is 0. The van der Waals surface area contributed by atoms with Crippen LogP contribution in [-0.4, -0.2) is 38.1 Å². The first-order valence-electron chi connectivity index (χ1n) is 4.74. The molecule has 2 fully saturated rings. The highest BCUT2D eigenvalue weighted by Crippen LogP contribution is 2.24. The van der Waals surface area contributed by atoms with Gasteiger partial charge in [0, 0.05) is 13.1 Å². The summed E-state index contributed by atoms with van der Waals surface area (Å²) >= 11 is 0. The van der Waals surface area contributed by atoms with E-state index in [1.165, 1.54) is 39.0 Å². The van der Waals surface area contributed by atoms with Crippen molar-refractivity contribution in [3.63, 3.8) is 0 Å². The van der Waals surface area contributed by atoms with Crippen LogP contribution in [0.2, 0.25) is 0 Å². The van der Waals surface area contributed by atoms with E-state index in [0.29, 0.717) is 0 Å². The lowest BCUT2D eigenvalue weighted by Gasteiger charge is -2.37. The predicted octanol–water partition coefficient (Wildman–Crippen LogP) is 0.548. The third-order valence-corrected chi connectivity index (χ3v) is 2.97. The fourth-order valence-corrected chi connectivity index (χ4v) is 2.36. The highest BCUT2D eigenvalue weighted by Gasteiger charge is 2.27. The minimum absolute atomic E-state index is 0.994. The predicted molar refractivity (Wildman–Crippen MR) is 46.6 cm³/mol. The molecule has 2 rings (SSSR count). The van der Waals surface area contributed by atoms with Gasteiger partial charge in [0.25, 0.3) is 0 Å². The lowest BCUT2D eigenvalue weighted by atomic mass is 9.89. The second-order valence-corrected chi connectivity index (χ2v) is 4.18. The molecule has 2 aliphatic rings. The first kappa shape index (κ1) is 7.56. The summed E-state index contributed by atoms with van der Waals surface area (Å²) in [7, 11) is 2.21. The summed E-state index contributed by atoms with van der Waals surface area (Å²) in [6, 6.07) is 0. The minimum Gasteiger partial charge on any atom is -0.316 e. The minimum atomic E-state index is 0.994. The van der Waals surface area contributed by atoms with Crippen LogP contribution >= 0.6 is 0 Å². The first-order valence-corrected chi connectivity index (χ1v) is 4.74. The van der Waals surface area contributed by atoms with Crippen LogP contribution in [0.1, 0.15) is 12.8 Å². The van der Waals surface area contributed by atoms with Crippen molar-refractivity contribution in [2.75, 3.05) is 33.2 Å². The number of likely N-dealkylation sites (tertiary alicyclic amines) is 1. The lowest BCUT2D eigenvalue weighted by molar-refractivity contribution is 0.113. The van der Waals surface area contributed by atoms with Gasteiger partial charge in [-0.1, -0.05) is 0 Å². The number of rotatable bonds is 2. The molecule has 2 saturated heterocycles. The number of hydrogen-bond acceptors (Lipinski definition) is 2. The Labute approximate surface area is 69.0 Å². The van der Waals surface area contributed by atoms with Crippen LogP contribution in [0, 0.1) is 11.8 Å². The highest BCUT2D eigenvalue weighted by molar-refractivity contribution is 4.82. The van der Waals surface area contributed by atoms with E-state index in [1.807, 2.05) is 0 Å². The van der Waals surface area contributed by atoms with Gasteiger partial charge in [-0.2, -0.15) is 0 Å². The number of hydrogen-bond donors (Lipinski definition) is 1. The Kier molecular flexibility index (Phi) is 2.14. The van der Waals surface area contributed by atoms with Crippen molar-refractivity contribution in [1.82, 2.24) is 10.2 Å². The van der Waals surface area contributed by atoms with Crippen LogP contribution in [0.15, 0.2) is 0 Å². The molecule has 1 atom stereocenters. The summed E-state index contributed by atoms with van der Waals surface area (Å²) in [5.41, 5.74) is 0. The molecule has 0 spiro atoms. The summed E-state index contributed by atoms with van der Waals surface area (Å²) in [5.74, 6) is 2.01. The molecule has 0 aromatic heterocycles. The molecule has 0 saturated carbocycles. The van der Waals surface area contributed by atoms with E-state index in [4.69, 9.17) is 0 Å². The van der Waals surface area contributed by atoms with Crippen molar-refractivity contribution in [2.45, 2.75) is 12.8 Å². The van der Waals surface area contributed by atoms with Gasteiger partial charge < -0.3 is 10.2 Å². The molecule has 1 unspecified atom stereocenters. The quantitative estimate of drug-likeness (QED) is 0.625. The van der Waals surface area contributed by atoms with Gasteiger partial charge in [0.15, 0.2) is 0 Å². The van der Waals surface area contributed by atoms with Crippen molar-refractivity contribution >= 4 is 0 Å². The molecule has 64 valence electrons. The topological polar surface area (TPSA) is 15.3 Å². The van der Waals surface area contributed by atoms with Gasteiger partial charge in [-0.15, -0.1) is 0 Å². The molecule has 2 heteroatoms. The molecule has 1 N–H and O–H groups in total. The van der Waals surface area contributed by atoms with Gasteiger partial charge >= 0.3 is 0 Å². The van der Waals surface area contributed by atoms with E-state index < -0.39 is 0 Å². The summed E-state index contributed by atoms with van der Waals surface area (Å²) in [5, 5.41) is 3.42. The van der Waals surface area contributed by atoms with Crippen LogP contribution in [0.3, 0.4) is 0 Å². The second kappa shape index (κ2) is 3.11. The van der Waals surface area contributed by atoms with Crippen molar-refractivity contribution in [3.8, 4) is 0 Å². The Balaban J connectivity index is 1.66. The van der Waals surface area contributed by atoms with Crippen LogP contribution in [0.5, 0.6) is 0 Å². The molecule has 0 aromatic rings. The van der Waals surface area contributed by atoms with E-state index >= 15 is 0 Å². The Hall–Kier alpha value is -0.0800. The van der Waals surface area contributed by atoms with E-state index in [9.17, 15) is 0 Å². The SMILES string of the molecule is CN1CC(CC2CCNC2)C1. The normalized spacial score (nSPS) is 34.1. The maximum Gasteiger partial charge on any atom is 0.00191 e. The van der Waals surface area contributed by atoms with Crippen LogP contribution in [-0.2, 0) is 0 Å². The van der Waals surface area contributed by atoms with E-state index in [0.717, 1.165) is 11.8 Å². The van der Waals surface area contributed by atoms with Gasteiger partial charge in [-0.25, -0.2) is 0 Å². The third-order valence-electron chi connectivity index (χ3n) is 2.97. The Morgan fingerprint density at radius 2 is 2.18 bits per heavy atom.